The molecule has 1 N–H and O–H groups in total. The van der Waals surface area contributed by atoms with Gasteiger partial charge in [0.2, 0.25) is 0 Å². The average molecular weight is 245 g/mol. The number of aliphatic hydroxyl groups is 1. The van der Waals surface area contributed by atoms with Crippen LogP contribution in [0, 0.1) is 13.8 Å². The number of rotatable bonds is 4. The zero-order chi connectivity index (χ0) is 13.1. The predicted octanol–water partition coefficient (Wildman–Crippen LogP) is 3.03. The van der Waals surface area contributed by atoms with Crippen molar-refractivity contribution in [3.05, 3.63) is 53.0 Å². The molecule has 0 atom stereocenters. The summed E-state index contributed by atoms with van der Waals surface area (Å²) in [5.41, 5.74) is 4.49. The molecule has 18 heavy (non-hydrogen) atoms. The Balaban J connectivity index is 2.19. The van der Waals surface area contributed by atoms with Gasteiger partial charge in [-0.05, 0) is 37.1 Å². The summed E-state index contributed by atoms with van der Waals surface area (Å²) in [6, 6.07) is 8.04. The molecule has 3 nitrogen and oxygen atoms in total. The van der Waals surface area contributed by atoms with Gasteiger partial charge in [-0.1, -0.05) is 12.1 Å². The molecule has 0 aliphatic carbocycles. The minimum atomic E-state index is 0.0890. The fourth-order valence-corrected chi connectivity index (χ4v) is 2.16. The van der Waals surface area contributed by atoms with E-state index in [1.165, 1.54) is 16.8 Å². The van der Waals surface area contributed by atoms with E-state index >= 15 is 0 Å². The van der Waals surface area contributed by atoms with Crippen molar-refractivity contribution in [3.8, 4) is 0 Å². The SMILES string of the molecule is Cc1cc(CO)ccc1N(C)Cc1ccoc1C. The van der Waals surface area contributed by atoms with Gasteiger partial charge in [0.05, 0.1) is 12.9 Å². The Bertz CT molecular complexity index is 531. The van der Waals surface area contributed by atoms with Crippen molar-refractivity contribution in [2.45, 2.75) is 27.0 Å². The number of aryl methyl sites for hydroxylation is 2. The van der Waals surface area contributed by atoms with Crippen LogP contribution in [0.1, 0.15) is 22.5 Å². The molecule has 2 aromatic rings. The molecule has 0 saturated carbocycles. The molecule has 0 radical (unpaired) electrons. The molecule has 96 valence electrons. The van der Waals surface area contributed by atoms with Crippen molar-refractivity contribution in [1.29, 1.82) is 0 Å². The molecular formula is C15H19NO2. The molecule has 0 fully saturated rings. The number of hydrogen-bond donors (Lipinski definition) is 1. The third-order valence-electron chi connectivity index (χ3n) is 3.23. The van der Waals surface area contributed by atoms with Gasteiger partial charge in [-0.2, -0.15) is 0 Å². The highest BCUT2D eigenvalue weighted by Crippen LogP contribution is 2.23. The number of anilines is 1. The van der Waals surface area contributed by atoms with Gasteiger partial charge in [0.25, 0.3) is 0 Å². The zero-order valence-electron chi connectivity index (χ0n) is 11.1. The summed E-state index contributed by atoms with van der Waals surface area (Å²) in [7, 11) is 2.06. The maximum absolute atomic E-state index is 9.11. The molecule has 1 aromatic carbocycles. The van der Waals surface area contributed by atoms with Crippen LogP contribution in [0.3, 0.4) is 0 Å². The molecule has 0 saturated heterocycles. The van der Waals surface area contributed by atoms with Gasteiger partial charge in [0.1, 0.15) is 5.76 Å². The summed E-state index contributed by atoms with van der Waals surface area (Å²) >= 11 is 0. The monoisotopic (exact) mass is 245 g/mol. The predicted molar refractivity (Wildman–Crippen MR) is 72.7 cm³/mol. The summed E-state index contributed by atoms with van der Waals surface area (Å²) in [5.74, 6) is 0.964. The average Bonchev–Trinajstić information content (AvgIpc) is 2.74. The van der Waals surface area contributed by atoms with Gasteiger partial charge in [0, 0.05) is 24.8 Å². The number of aliphatic hydroxyl groups excluding tert-OH is 1. The lowest BCUT2D eigenvalue weighted by Crippen LogP contribution is -2.17. The summed E-state index contributed by atoms with van der Waals surface area (Å²) in [6.45, 7) is 4.95. The van der Waals surface area contributed by atoms with Crippen LogP contribution in [0.4, 0.5) is 5.69 Å². The zero-order valence-corrected chi connectivity index (χ0v) is 11.1. The van der Waals surface area contributed by atoms with E-state index < -0.39 is 0 Å². The van der Waals surface area contributed by atoms with Crippen LogP contribution in [0.15, 0.2) is 34.9 Å². The van der Waals surface area contributed by atoms with Crippen LogP contribution in [-0.4, -0.2) is 12.2 Å². The fraction of sp³-hybridized carbons (Fsp3) is 0.333. The van der Waals surface area contributed by atoms with E-state index in [1.54, 1.807) is 6.26 Å². The number of hydrogen-bond acceptors (Lipinski definition) is 3. The third kappa shape index (κ3) is 2.57. The Morgan fingerprint density at radius 2 is 2.00 bits per heavy atom. The molecule has 0 unspecified atom stereocenters. The second-order valence-corrected chi connectivity index (χ2v) is 4.64. The number of benzene rings is 1. The largest absolute Gasteiger partial charge is 0.469 e. The smallest absolute Gasteiger partial charge is 0.105 e. The van der Waals surface area contributed by atoms with Crippen molar-refractivity contribution < 1.29 is 9.52 Å². The summed E-state index contributed by atoms with van der Waals surface area (Å²) in [6.07, 6.45) is 1.72. The summed E-state index contributed by atoms with van der Waals surface area (Å²) < 4.78 is 5.31. The van der Waals surface area contributed by atoms with Crippen molar-refractivity contribution in [2.75, 3.05) is 11.9 Å². The molecule has 1 aromatic heterocycles. The molecule has 1 heterocycles. The number of furan rings is 1. The fourth-order valence-electron chi connectivity index (χ4n) is 2.16. The standard InChI is InChI=1S/C15H19NO2/c1-11-8-13(10-17)4-5-15(11)16(3)9-14-6-7-18-12(14)2/h4-8,17H,9-10H2,1-3H3. The number of nitrogens with zero attached hydrogens (tertiary/aromatic N) is 1. The maximum atomic E-state index is 9.11. The lowest BCUT2D eigenvalue weighted by atomic mass is 10.1. The lowest BCUT2D eigenvalue weighted by Gasteiger charge is -2.21. The van der Waals surface area contributed by atoms with E-state index in [0.717, 1.165) is 17.9 Å². The highest BCUT2D eigenvalue weighted by Gasteiger charge is 2.09. The van der Waals surface area contributed by atoms with Crippen LogP contribution in [-0.2, 0) is 13.2 Å². The first-order valence-corrected chi connectivity index (χ1v) is 6.06. The first-order valence-electron chi connectivity index (χ1n) is 6.06. The molecule has 0 aliphatic heterocycles. The first-order chi connectivity index (χ1) is 8.61. The second kappa shape index (κ2) is 5.27. The van der Waals surface area contributed by atoms with Gasteiger partial charge in [-0.15, -0.1) is 0 Å². The highest BCUT2D eigenvalue weighted by atomic mass is 16.3. The van der Waals surface area contributed by atoms with E-state index in [9.17, 15) is 0 Å². The Kier molecular flexibility index (Phi) is 3.72. The normalized spacial score (nSPS) is 10.7. The molecule has 3 heteroatoms. The van der Waals surface area contributed by atoms with E-state index in [2.05, 4.69) is 24.9 Å². The topological polar surface area (TPSA) is 36.6 Å². The molecule has 0 spiro atoms. The molecule has 0 aliphatic rings. The Morgan fingerprint density at radius 1 is 1.22 bits per heavy atom. The second-order valence-electron chi connectivity index (χ2n) is 4.64. The summed E-state index contributed by atoms with van der Waals surface area (Å²) in [4.78, 5) is 2.19. The van der Waals surface area contributed by atoms with Gasteiger partial charge >= 0.3 is 0 Å². The summed E-state index contributed by atoms with van der Waals surface area (Å²) in [5, 5.41) is 9.11. The van der Waals surface area contributed by atoms with Gasteiger partial charge in [0.15, 0.2) is 0 Å². The van der Waals surface area contributed by atoms with Crippen LogP contribution in [0.2, 0.25) is 0 Å². The van der Waals surface area contributed by atoms with Crippen LogP contribution < -0.4 is 4.90 Å². The molecular weight excluding hydrogens is 226 g/mol. The molecule has 2 rings (SSSR count). The van der Waals surface area contributed by atoms with Crippen molar-refractivity contribution in [1.82, 2.24) is 0 Å². The van der Waals surface area contributed by atoms with Gasteiger partial charge < -0.3 is 14.4 Å². The molecule has 0 amide bonds. The van der Waals surface area contributed by atoms with Gasteiger partial charge in [-0.3, -0.25) is 0 Å². The van der Waals surface area contributed by atoms with Crippen molar-refractivity contribution >= 4 is 5.69 Å². The van der Waals surface area contributed by atoms with Crippen molar-refractivity contribution in [2.24, 2.45) is 0 Å². The van der Waals surface area contributed by atoms with E-state index in [4.69, 9.17) is 9.52 Å². The van der Waals surface area contributed by atoms with E-state index in [-0.39, 0.29) is 6.61 Å². The van der Waals surface area contributed by atoms with Gasteiger partial charge in [-0.25, -0.2) is 0 Å². The first kappa shape index (κ1) is 12.7. The van der Waals surface area contributed by atoms with Crippen molar-refractivity contribution in [3.63, 3.8) is 0 Å². The third-order valence-corrected chi connectivity index (χ3v) is 3.23. The quantitative estimate of drug-likeness (QED) is 0.899. The van der Waals surface area contributed by atoms with Crippen LogP contribution in [0.25, 0.3) is 0 Å². The minimum absolute atomic E-state index is 0.0890. The molecule has 0 bridgehead atoms. The maximum Gasteiger partial charge on any atom is 0.105 e. The lowest BCUT2D eigenvalue weighted by molar-refractivity contribution is 0.282. The Hall–Kier alpha value is -1.74. The van der Waals surface area contributed by atoms with Crippen LogP contribution >= 0.6 is 0 Å². The Morgan fingerprint density at radius 3 is 2.56 bits per heavy atom. The van der Waals surface area contributed by atoms with E-state index in [0.29, 0.717) is 0 Å². The Labute approximate surface area is 108 Å². The van der Waals surface area contributed by atoms with E-state index in [1.807, 2.05) is 25.1 Å². The van der Waals surface area contributed by atoms with Crippen LogP contribution in [0.5, 0.6) is 0 Å². The highest BCUT2D eigenvalue weighted by molar-refractivity contribution is 5.54. The minimum Gasteiger partial charge on any atom is -0.469 e.